The molecule has 42 heavy (non-hydrogen) atoms. The number of hydrogen-bond acceptors (Lipinski definition) is 10. The minimum atomic E-state index is -1.35. The maximum absolute atomic E-state index is 13.2. The van der Waals surface area contributed by atoms with E-state index in [1.54, 1.807) is 49.7 Å². The minimum absolute atomic E-state index is 0.163. The lowest BCUT2D eigenvalue weighted by Gasteiger charge is -2.52. The quantitative estimate of drug-likeness (QED) is 0.0988. The number of aromatic nitrogens is 1. The number of hydrogen-bond donors (Lipinski definition) is 6. The van der Waals surface area contributed by atoms with Crippen molar-refractivity contribution in [1.29, 1.82) is 0 Å². The molecule has 0 spiro atoms. The summed E-state index contributed by atoms with van der Waals surface area (Å²) in [6, 6.07) is -0.716. The number of nitrogens with one attached hydrogen (secondary N) is 1. The number of thiazole rings is 1. The highest BCUT2D eigenvalue weighted by Gasteiger charge is 2.71. The summed E-state index contributed by atoms with van der Waals surface area (Å²) >= 11 is 1.32. The van der Waals surface area contributed by atoms with Crippen LogP contribution in [0.5, 0.6) is 0 Å². The monoisotopic (exact) mass is 604 g/mol. The molecule has 5 atom stereocenters. The van der Waals surface area contributed by atoms with Gasteiger partial charge in [-0.15, -0.1) is 11.3 Å². The van der Waals surface area contributed by atoms with E-state index in [9.17, 15) is 29.4 Å². The van der Waals surface area contributed by atoms with Crippen LogP contribution in [-0.4, -0.2) is 67.9 Å². The van der Waals surface area contributed by atoms with Gasteiger partial charge in [-0.3, -0.25) is 19.7 Å². The molecule has 2 bridgehead atoms. The summed E-state index contributed by atoms with van der Waals surface area (Å²) in [7, 11) is 0. The molecule has 1 saturated carbocycles. The smallest absolute Gasteiger partial charge is 0.331 e. The fourth-order valence-corrected chi connectivity index (χ4v) is 6.53. The van der Waals surface area contributed by atoms with E-state index < -0.39 is 40.6 Å². The van der Waals surface area contributed by atoms with Crippen LogP contribution in [0.1, 0.15) is 65.2 Å². The summed E-state index contributed by atoms with van der Waals surface area (Å²) in [5.41, 5.74) is 7.57. The molecule has 8 N–H and O–H groups in total. The summed E-state index contributed by atoms with van der Waals surface area (Å²) in [6.45, 7) is 4.03. The van der Waals surface area contributed by atoms with Crippen LogP contribution in [0.25, 0.3) is 0 Å². The van der Waals surface area contributed by atoms with Gasteiger partial charge in [0.15, 0.2) is 5.13 Å². The van der Waals surface area contributed by atoms with Crippen molar-refractivity contribution in [1.82, 2.24) is 4.98 Å². The van der Waals surface area contributed by atoms with Crippen LogP contribution < -0.4 is 16.8 Å². The van der Waals surface area contributed by atoms with Crippen LogP contribution in [0.2, 0.25) is 0 Å². The molecule has 1 saturated heterocycles. The number of amides is 1. The fraction of sp³-hybridized carbons (Fsp3) is 0.552. The van der Waals surface area contributed by atoms with Gasteiger partial charge in [-0.1, -0.05) is 24.6 Å². The molecular weight excluding hydrogens is 564 g/mol. The van der Waals surface area contributed by atoms with Gasteiger partial charge in [-0.05, 0) is 71.4 Å². The third-order valence-corrected chi connectivity index (χ3v) is 9.17. The number of ether oxygens (including phenoxy) is 1. The third kappa shape index (κ3) is 6.97. The highest BCUT2D eigenvalue weighted by atomic mass is 32.1. The first-order valence-corrected chi connectivity index (χ1v) is 14.8. The molecule has 1 aromatic rings. The van der Waals surface area contributed by atoms with Crippen molar-refractivity contribution in [2.24, 2.45) is 22.8 Å². The van der Waals surface area contributed by atoms with Crippen LogP contribution in [0.4, 0.5) is 5.13 Å². The Hall–Kier alpha value is -3.39. The number of carbonyl (C=O) groups excluding carboxylic acids is 2. The highest BCUT2D eigenvalue weighted by molar-refractivity contribution is 7.13. The van der Waals surface area contributed by atoms with E-state index in [2.05, 4.69) is 10.3 Å². The van der Waals surface area contributed by atoms with Crippen molar-refractivity contribution in [3.8, 4) is 0 Å². The average molecular weight is 605 g/mol. The number of aliphatic hydroxyl groups is 1. The zero-order chi connectivity index (χ0) is 31.1. The Labute approximate surface area is 248 Å². The molecular formula is C29H40N4O8S. The summed E-state index contributed by atoms with van der Waals surface area (Å²) in [4.78, 5) is 51.1. The van der Waals surface area contributed by atoms with Crippen LogP contribution in [0.3, 0.4) is 0 Å². The number of nitrogens with two attached hydrogens (primary N) is 2. The molecule has 230 valence electrons. The Morgan fingerprint density at radius 2 is 2.02 bits per heavy atom. The van der Waals surface area contributed by atoms with Crippen LogP contribution in [0.15, 0.2) is 47.0 Å². The third-order valence-electron chi connectivity index (χ3n) is 8.48. The van der Waals surface area contributed by atoms with Crippen molar-refractivity contribution >= 4 is 40.3 Å². The number of cyclic esters (lactones) is 1. The molecule has 0 aromatic carbocycles. The first-order chi connectivity index (χ1) is 19.8. The maximum Gasteiger partial charge on any atom is 0.331 e. The minimum Gasteiger partial charge on any atom is -0.480 e. The molecule has 1 aliphatic heterocycles. The molecule has 12 nitrogen and oxygen atoms in total. The van der Waals surface area contributed by atoms with E-state index >= 15 is 0 Å². The lowest BCUT2D eigenvalue weighted by molar-refractivity contribution is -0.224. The molecule has 0 radical (unpaired) electrons. The second-order valence-electron chi connectivity index (χ2n) is 11.1. The molecule has 3 aliphatic rings. The lowest BCUT2D eigenvalue weighted by Crippen LogP contribution is -2.63. The zero-order valence-electron chi connectivity index (χ0n) is 23.9. The first-order valence-electron chi connectivity index (χ1n) is 13.9. The number of carboxylic acid groups (broad SMARTS) is 2. The largest absolute Gasteiger partial charge is 0.480 e. The van der Waals surface area contributed by atoms with Crippen molar-refractivity contribution < 1.29 is 39.2 Å². The van der Waals surface area contributed by atoms with Gasteiger partial charge in [-0.25, -0.2) is 9.78 Å². The Morgan fingerprint density at radius 3 is 2.64 bits per heavy atom. The molecule has 13 heteroatoms. The Bertz CT molecular complexity index is 1260. The summed E-state index contributed by atoms with van der Waals surface area (Å²) < 4.78 is 5.86. The maximum atomic E-state index is 13.2. The van der Waals surface area contributed by atoms with Crippen molar-refractivity contribution in [2.75, 3.05) is 11.9 Å². The van der Waals surface area contributed by atoms with Gasteiger partial charge in [0, 0.05) is 28.6 Å². The standard InChI is InChI=1S/C23H26N2O6S.C6H14N2O2/c1-14(17(26)25-20-24-12-13-32-20)4-3-8-21(2)16-7-10-22(19(29)31-21)9-5-15(18(27)28)6-11-23(16,22)30;7-4-2-1-3-5(8)6(9)10/h3-5,8,12-13,16,30H,6-7,9-11H2,1-2H3,(H,27,28)(H,24,25,26);5H,1-4,7-8H2,(H,9,10)/b8-3+,14-4+;/t16-,21+,22+,23-;/m0./s1. The number of nitrogens with zero attached hydrogens (tertiary/aromatic N) is 1. The van der Waals surface area contributed by atoms with E-state index in [-0.39, 0.29) is 36.7 Å². The SMILES string of the molecule is C/C(=C\C=C\[C@@]1(C)OC(=O)[C@]23CC=C(C(=O)O)CC[C@]2(O)[C@H]1CC3)C(=O)Nc1nccs1.NCCCCC(N)C(=O)O. The molecule has 1 aromatic heterocycles. The Morgan fingerprint density at radius 1 is 1.29 bits per heavy atom. The molecule has 2 heterocycles. The summed E-state index contributed by atoms with van der Waals surface area (Å²) in [6.07, 6.45) is 11.9. The predicted molar refractivity (Wildman–Crippen MR) is 156 cm³/mol. The Kier molecular flexibility index (Phi) is 10.8. The van der Waals surface area contributed by atoms with E-state index in [0.717, 1.165) is 12.8 Å². The Balaban J connectivity index is 0.000000416. The lowest BCUT2D eigenvalue weighted by atomic mass is 9.62. The number of esters is 1. The van der Waals surface area contributed by atoms with Gasteiger partial charge < -0.3 is 31.5 Å². The molecule has 1 amide bonds. The number of aliphatic carboxylic acids is 2. The van der Waals surface area contributed by atoms with Gasteiger partial charge in [0.05, 0.1) is 5.60 Å². The van der Waals surface area contributed by atoms with E-state index in [1.807, 2.05) is 0 Å². The number of carboxylic acids is 2. The number of anilines is 1. The predicted octanol–water partition coefficient (Wildman–Crippen LogP) is 2.75. The topological polar surface area (TPSA) is 215 Å². The number of rotatable bonds is 10. The summed E-state index contributed by atoms with van der Waals surface area (Å²) in [5, 5.41) is 34.5. The first kappa shape index (κ1) is 33.1. The second-order valence-corrected chi connectivity index (χ2v) is 12.0. The van der Waals surface area contributed by atoms with Crippen molar-refractivity contribution in [3.63, 3.8) is 0 Å². The van der Waals surface area contributed by atoms with Crippen LogP contribution in [0, 0.1) is 11.3 Å². The van der Waals surface area contributed by atoms with Gasteiger partial charge >= 0.3 is 17.9 Å². The van der Waals surface area contributed by atoms with E-state index in [0.29, 0.717) is 36.5 Å². The summed E-state index contributed by atoms with van der Waals surface area (Å²) in [5.74, 6) is -3.11. The van der Waals surface area contributed by atoms with E-state index in [4.69, 9.17) is 21.3 Å². The van der Waals surface area contributed by atoms with Crippen molar-refractivity contribution in [3.05, 3.63) is 47.0 Å². The van der Waals surface area contributed by atoms with Gasteiger partial charge in [0.25, 0.3) is 5.91 Å². The van der Waals surface area contributed by atoms with Crippen molar-refractivity contribution in [2.45, 2.75) is 82.5 Å². The molecule has 1 unspecified atom stereocenters. The highest BCUT2D eigenvalue weighted by Crippen LogP contribution is 2.63. The zero-order valence-corrected chi connectivity index (χ0v) is 24.7. The normalized spacial score (nSPS) is 29.4. The number of unbranched alkanes of at least 4 members (excludes halogenated alkanes) is 1. The van der Waals surface area contributed by atoms with Gasteiger partial charge in [0.2, 0.25) is 0 Å². The van der Waals surface area contributed by atoms with Gasteiger partial charge in [-0.2, -0.15) is 0 Å². The molecule has 2 fully saturated rings. The van der Waals surface area contributed by atoms with Crippen LogP contribution >= 0.6 is 11.3 Å². The number of carbonyl (C=O) groups is 4. The number of allylic oxidation sites excluding steroid dienone is 3. The molecule has 4 rings (SSSR count). The average Bonchev–Trinajstić information content (AvgIpc) is 3.48. The van der Waals surface area contributed by atoms with E-state index in [1.165, 1.54) is 11.3 Å². The second kappa shape index (κ2) is 13.7. The van der Waals surface area contributed by atoms with Gasteiger partial charge in [0.1, 0.15) is 17.1 Å². The van der Waals surface area contributed by atoms with Crippen LogP contribution in [-0.2, 0) is 23.9 Å². The fourth-order valence-electron chi connectivity index (χ4n) is 6.00. The molecule has 2 aliphatic carbocycles.